The monoisotopic (exact) mass is 375 g/mol. The van der Waals surface area contributed by atoms with Gasteiger partial charge in [0.1, 0.15) is 12.1 Å². The number of thiophene rings is 1. The van der Waals surface area contributed by atoms with Gasteiger partial charge in [0.15, 0.2) is 11.5 Å². The van der Waals surface area contributed by atoms with Crippen molar-refractivity contribution < 1.29 is 9.47 Å². The number of aromatic nitrogens is 2. The van der Waals surface area contributed by atoms with Crippen LogP contribution in [0.25, 0.3) is 20.7 Å². The Morgan fingerprint density at radius 2 is 1.89 bits per heavy atom. The van der Waals surface area contributed by atoms with E-state index in [0.29, 0.717) is 6.54 Å². The van der Waals surface area contributed by atoms with Crippen LogP contribution < -0.4 is 14.8 Å². The normalized spacial score (nSPS) is 12.5. The van der Waals surface area contributed by atoms with E-state index in [2.05, 4.69) is 46.5 Å². The molecule has 0 saturated carbocycles. The quantitative estimate of drug-likeness (QED) is 0.543. The van der Waals surface area contributed by atoms with Gasteiger partial charge in [-0.2, -0.15) is 0 Å². The summed E-state index contributed by atoms with van der Waals surface area (Å²) in [5.74, 6) is 2.44. The van der Waals surface area contributed by atoms with Gasteiger partial charge in [0.2, 0.25) is 6.79 Å². The van der Waals surface area contributed by atoms with Crippen molar-refractivity contribution in [2.24, 2.45) is 0 Å². The molecule has 0 atom stereocenters. The van der Waals surface area contributed by atoms with Crippen molar-refractivity contribution in [1.29, 1.82) is 0 Å². The second kappa shape index (κ2) is 6.55. The summed E-state index contributed by atoms with van der Waals surface area (Å²) >= 11 is 1.73. The first-order valence-corrected chi connectivity index (χ1v) is 9.53. The zero-order chi connectivity index (χ0) is 18.2. The summed E-state index contributed by atoms with van der Waals surface area (Å²) in [6, 6.07) is 16.4. The first-order valence-electron chi connectivity index (χ1n) is 8.71. The van der Waals surface area contributed by atoms with Gasteiger partial charge in [0.05, 0.1) is 10.2 Å². The third-order valence-corrected chi connectivity index (χ3v) is 5.97. The Labute approximate surface area is 160 Å². The van der Waals surface area contributed by atoms with Crippen LogP contribution in [-0.2, 0) is 6.54 Å². The molecule has 6 heteroatoms. The zero-order valence-corrected chi connectivity index (χ0v) is 15.5. The van der Waals surface area contributed by atoms with Crippen LogP contribution in [-0.4, -0.2) is 16.8 Å². The molecule has 1 N–H and O–H groups in total. The van der Waals surface area contributed by atoms with Crippen LogP contribution in [0.3, 0.4) is 0 Å². The van der Waals surface area contributed by atoms with Crippen LogP contribution in [0.1, 0.15) is 11.1 Å². The molecule has 0 bridgehead atoms. The number of ether oxygens (including phenoxy) is 2. The van der Waals surface area contributed by atoms with Gasteiger partial charge in [0.25, 0.3) is 0 Å². The summed E-state index contributed by atoms with van der Waals surface area (Å²) in [6.07, 6.45) is 1.62. The topological polar surface area (TPSA) is 56.3 Å². The van der Waals surface area contributed by atoms with Gasteiger partial charge in [0, 0.05) is 11.4 Å². The predicted octanol–water partition coefficient (Wildman–Crippen LogP) is 5.01. The van der Waals surface area contributed by atoms with Crippen LogP contribution in [0.4, 0.5) is 5.82 Å². The molecule has 1 aliphatic heterocycles. The van der Waals surface area contributed by atoms with Crippen molar-refractivity contribution in [2.45, 2.75) is 13.5 Å². The average molecular weight is 375 g/mol. The van der Waals surface area contributed by atoms with E-state index in [9.17, 15) is 0 Å². The minimum absolute atomic E-state index is 0.287. The summed E-state index contributed by atoms with van der Waals surface area (Å²) in [4.78, 5) is 10.2. The first kappa shape index (κ1) is 16.1. The minimum Gasteiger partial charge on any atom is -0.454 e. The first-order chi connectivity index (χ1) is 13.3. The van der Waals surface area contributed by atoms with Crippen LogP contribution in [0, 0.1) is 6.92 Å². The lowest BCUT2D eigenvalue weighted by molar-refractivity contribution is 0.174. The van der Waals surface area contributed by atoms with Crippen molar-refractivity contribution in [3.05, 3.63) is 66.0 Å². The molecule has 2 aromatic carbocycles. The van der Waals surface area contributed by atoms with Crippen molar-refractivity contribution in [3.63, 3.8) is 0 Å². The van der Waals surface area contributed by atoms with Crippen LogP contribution >= 0.6 is 11.3 Å². The number of nitrogens with one attached hydrogen (secondary N) is 1. The maximum atomic E-state index is 5.46. The van der Waals surface area contributed by atoms with E-state index < -0.39 is 0 Å². The smallest absolute Gasteiger partial charge is 0.231 e. The summed E-state index contributed by atoms with van der Waals surface area (Å²) < 4.78 is 11.9. The summed E-state index contributed by atoms with van der Waals surface area (Å²) in [7, 11) is 0. The van der Waals surface area contributed by atoms with Gasteiger partial charge in [-0.1, -0.05) is 36.4 Å². The average Bonchev–Trinajstić information content (AvgIpc) is 3.31. The summed E-state index contributed by atoms with van der Waals surface area (Å²) in [5, 5.41) is 3.45. The SMILES string of the molecule is Cc1c(-c2ccccc2)sc2c(NCc3ccc4c(c3)OCO4)ncnc12. The van der Waals surface area contributed by atoms with Gasteiger partial charge in [-0.15, -0.1) is 11.3 Å². The number of aryl methyl sites for hydroxylation is 1. The van der Waals surface area contributed by atoms with Gasteiger partial charge in [-0.25, -0.2) is 9.97 Å². The van der Waals surface area contributed by atoms with E-state index in [1.165, 1.54) is 16.0 Å². The van der Waals surface area contributed by atoms with Crippen molar-refractivity contribution in [3.8, 4) is 21.9 Å². The molecule has 0 radical (unpaired) electrons. The highest BCUT2D eigenvalue weighted by Gasteiger charge is 2.16. The lowest BCUT2D eigenvalue weighted by atomic mass is 10.1. The van der Waals surface area contributed by atoms with E-state index in [-0.39, 0.29) is 6.79 Å². The van der Waals surface area contributed by atoms with E-state index in [4.69, 9.17) is 9.47 Å². The fourth-order valence-corrected chi connectivity index (χ4v) is 4.48. The molecule has 0 unspecified atom stereocenters. The second-order valence-electron chi connectivity index (χ2n) is 6.36. The summed E-state index contributed by atoms with van der Waals surface area (Å²) in [5.41, 5.74) is 4.51. The molecule has 0 fully saturated rings. The number of fused-ring (bicyclic) bond motifs is 2. The molecule has 0 spiro atoms. The minimum atomic E-state index is 0.287. The largest absolute Gasteiger partial charge is 0.454 e. The lowest BCUT2D eigenvalue weighted by Crippen LogP contribution is -2.01. The maximum Gasteiger partial charge on any atom is 0.231 e. The molecule has 0 saturated heterocycles. The number of hydrogen-bond donors (Lipinski definition) is 1. The predicted molar refractivity (Wildman–Crippen MR) is 107 cm³/mol. The molecule has 4 aromatic rings. The van der Waals surface area contributed by atoms with E-state index in [1.807, 2.05) is 24.3 Å². The molecular weight excluding hydrogens is 358 g/mol. The Morgan fingerprint density at radius 3 is 2.78 bits per heavy atom. The highest BCUT2D eigenvalue weighted by Crippen LogP contribution is 2.39. The number of rotatable bonds is 4. The van der Waals surface area contributed by atoms with Crippen molar-refractivity contribution in [1.82, 2.24) is 9.97 Å². The van der Waals surface area contributed by atoms with Crippen LogP contribution in [0.5, 0.6) is 11.5 Å². The van der Waals surface area contributed by atoms with E-state index in [0.717, 1.165) is 33.1 Å². The number of anilines is 1. The molecule has 0 aliphatic carbocycles. The Balaban J connectivity index is 1.47. The summed E-state index contributed by atoms with van der Waals surface area (Å²) in [6.45, 7) is 3.06. The third-order valence-electron chi connectivity index (χ3n) is 4.64. The van der Waals surface area contributed by atoms with Crippen LogP contribution in [0.2, 0.25) is 0 Å². The van der Waals surface area contributed by atoms with Gasteiger partial charge >= 0.3 is 0 Å². The molecule has 2 aromatic heterocycles. The fraction of sp³-hybridized carbons (Fsp3) is 0.143. The highest BCUT2D eigenvalue weighted by molar-refractivity contribution is 7.23. The molecule has 3 heterocycles. The number of benzene rings is 2. The number of nitrogens with zero attached hydrogens (tertiary/aromatic N) is 2. The number of hydrogen-bond acceptors (Lipinski definition) is 6. The maximum absolute atomic E-state index is 5.46. The molecular formula is C21H17N3O2S. The van der Waals surface area contributed by atoms with E-state index >= 15 is 0 Å². The fourth-order valence-electron chi connectivity index (χ4n) is 3.25. The molecule has 5 nitrogen and oxygen atoms in total. The highest BCUT2D eigenvalue weighted by atomic mass is 32.1. The molecule has 5 rings (SSSR count). The zero-order valence-electron chi connectivity index (χ0n) is 14.7. The van der Waals surface area contributed by atoms with E-state index in [1.54, 1.807) is 17.7 Å². The Morgan fingerprint density at radius 1 is 1.04 bits per heavy atom. The van der Waals surface area contributed by atoms with Crippen LogP contribution in [0.15, 0.2) is 54.9 Å². The third kappa shape index (κ3) is 2.88. The van der Waals surface area contributed by atoms with Gasteiger partial charge in [-0.3, -0.25) is 0 Å². The Bertz CT molecular complexity index is 1130. The second-order valence-corrected chi connectivity index (χ2v) is 7.38. The van der Waals surface area contributed by atoms with Crippen molar-refractivity contribution >= 4 is 27.4 Å². The van der Waals surface area contributed by atoms with Gasteiger partial charge in [-0.05, 0) is 35.7 Å². The van der Waals surface area contributed by atoms with Gasteiger partial charge < -0.3 is 14.8 Å². The Hall–Kier alpha value is -3.12. The Kier molecular flexibility index (Phi) is 3.90. The molecule has 0 amide bonds. The lowest BCUT2D eigenvalue weighted by Gasteiger charge is -2.07. The standard InChI is InChI=1S/C21H17N3O2S/c1-13-18-20(27-19(13)15-5-3-2-4-6-15)21(24-11-23-18)22-10-14-7-8-16-17(9-14)26-12-25-16/h2-9,11H,10,12H2,1H3,(H,22,23,24). The molecule has 1 aliphatic rings. The molecule has 27 heavy (non-hydrogen) atoms. The molecule has 134 valence electrons. The van der Waals surface area contributed by atoms with Crippen molar-refractivity contribution in [2.75, 3.05) is 12.1 Å².